The zero-order valence-electron chi connectivity index (χ0n) is 16.1. The lowest BCUT2D eigenvalue weighted by molar-refractivity contribution is -0.213. The van der Waals surface area contributed by atoms with E-state index >= 15 is 0 Å². The molecule has 0 N–H and O–H groups in total. The van der Waals surface area contributed by atoms with Crippen molar-refractivity contribution in [2.75, 3.05) is 6.61 Å². The van der Waals surface area contributed by atoms with Gasteiger partial charge in [-0.1, -0.05) is 20.4 Å². The minimum absolute atomic E-state index is 0.0266. The summed E-state index contributed by atoms with van der Waals surface area (Å²) in [5, 5.41) is 0. The van der Waals surface area contributed by atoms with Gasteiger partial charge in [-0.25, -0.2) is 9.59 Å². The molecule has 0 amide bonds. The molecule has 0 aromatic rings. The van der Waals surface area contributed by atoms with E-state index in [1.807, 2.05) is 13.8 Å². The Hall–Kier alpha value is -1.85. The van der Waals surface area contributed by atoms with Crippen LogP contribution in [0.25, 0.3) is 0 Å². The first-order valence-corrected chi connectivity index (χ1v) is 10.0. The van der Waals surface area contributed by atoms with Crippen LogP contribution >= 0.6 is 0 Å². The first-order chi connectivity index (χ1) is 12.7. The largest absolute Gasteiger partial charge is 0.463 e. The van der Waals surface area contributed by atoms with Gasteiger partial charge in [0.1, 0.15) is 5.60 Å². The van der Waals surface area contributed by atoms with Crippen LogP contribution in [-0.2, 0) is 28.6 Å². The van der Waals surface area contributed by atoms with Crippen molar-refractivity contribution in [2.45, 2.75) is 70.5 Å². The number of hydrogen-bond donors (Lipinski definition) is 0. The number of rotatable bonds is 5. The van der Waals surface area contributed by atoms with Gasteiger partial charge >= 0.3 is 17.9 Å². The van der Waals surface area contributed by atoms with E-state index in [2.05, 4.69) is 6.58 Å². The molecule has 6 nitrogen and oxygen atoms in total. The number of carbonyl (C=O) groups is 3. The van der Waals surface area contributed by atoms with Crippen LogP contribution in [0.4, 0.5) is 0 Å². The maximum Gasteiger partial charge on any atom is 0.347 e. The highest BCUT2D eigenvalue weighted by Crippen LogP contribution is 2.63. The zero-order chi connectivity index (χ0) is 19.4. The third-order valence-electron chi connectivity index (χ3n) is 6.85. The van der Waals surface area contributed by atoms with E-state index in [-0.39, 0.29) is 17.9 Å². The van der Waals surface area contributed by atoms with Gasteiger partial charge in [0.05, 0.1) is 12.0 Å². The molecule has 3 atom stereocenters. The molecule has 5 rings (SSSR count). The minimum atomic E-state index is -0.787. The first-order valence-electron chi connectivity index (χ1n) is 10.0. The molecule has 0 spiro atoms. The Kier molecular flexibility index (Phi) is 4.35. The summed E-state index contributed by atoms with van der Waals surface area (Å²) in [6, 6.07) is 0. The highest BCUT2D eigenvalue weighted by molar-refractivity contribution is 5.88. The van der Waals surface area contributed by atoms with E-state index < -0.39 is 23.1 Å². The second-order valence-electron chi connectivity index (χ2n) is 9.34. The standard InChI is InChI=1S/C21H28O6/c1-12(2)13(3)17(22)27-21-9-14-6-15(10-21)8-20(7-14,11-21)19(24)26-16-4-5-25-18(16)23/h12,14-16H,3-11H2,1-2H3. The second kappa shape index (κ2) is 6.35. The summed E-state index contributed by atoms with van der Waals surface area (Å²) in [6.45, 7) is 8.00. The monoisotopic (exact) mass is 376 g/mol. The number of ether oxygens (including phenoxy) is 3. The van der Waals surface area contributed by atoms with Crippen LogP contribution in [-0.4, -0.2) is 36.2 Å². The topological polar surface area (TPSA) is 78.9 Å². The van der Waals surface area contributed by atoms with Gasteiger partial charge in [-0.15, -0.1) is 0 Å². The average molecular weight is 376 g/mol. The SMILES string of the molecule is C=C(C(=O)OC12CC3CC(C1)CC(C(=O)OC1CCOC1=O)(C3)C2)C(C)C. The third-order valence-corrected chi connectivity index (χ3v) is 6.85. The molecule has 1 aliphatic heterocycles. The molecule has 4 bridgehead atoms. The Morgan fingerprint density at radius 1 is 1.19 bits per heavy atom. The molecule has 0 radical (unpaired) electrons. The van der Waals surface area contributed by atoms with E-state index in [4.69, 9.17) is 14.2 Å². The molecule has 5 fully saturated rings. The summed E-state index contributed by atoms with van der Waals surface area (Å²) in [6.07, 6.45) is 4.33. The molecule has 0 aromatic heterocycles. The van der Waals surface area contributed by atoms with Crippen molar-refractivity contribution >= 4 is 17.9 Å². The molecule has 6 heteroatoms. The molecular weight excluding hydrogens is 348 g/mol. The Bertz CT molecular complexity index is 679. The van der Waals surface area contributed by atoms with E-state index in [0.29, 0.717) is 36.9 Å². The molecule has 4 saturated carbocycles. The van der Waals surface area contributed by atoms with Gasteiger partial charge in [0.2, 0.25) is 6.10 Å². The third kappa shape index (κ3) is 3.17. The van der Waals surface area contributed by atoms with Crippen molar-refractivity contribution in [3.05, 3.63) is 12.2 Å². The van der Waals surface area contributed by atoms with Crippen LogP contribution in [0, 0.1) is 23.2 Å². The van der Waals surface area contributed by atoms with Crippen molar-refractivity contribution in [1.82, 2.24) is 0 Å². The summed E-state index contributed by atoms with van der Waals surface area (Å²) in [7, 11) is 0. The number of esters is 3. The van der Waals surface area contributed by atoms with Crippen LogP contribution < -0.4 is 0 Å². The van der Waals surface area contributed by atoms with Gasteiger partial charge in [-0.2, -0.15) is 0 Å². The molecule has 1 saturated heterocycles. The van der Waals surface area contributed by atoms with E-state index in [1.165, 1.54) is 0 Å². The summed E-state index contributed by atoms with van der Waals surface area (Å²) in [5.74, 6) is -0.386. The lowest BCUT2D eigenvalue weighted by Gasteiger charge is -2.59. The molecule has 4 aliphatic carbocycles. The van der Waals surface area contributed by atoms with Crippen LogP contribution in [0.3, 0.4) is 0 Å². The molecular formula is C21H28O6. The van der Waals surface area contributed by atoms with Gasteiger partial charge in [-0.3, -0.25) is 4.79 Å². The van der Waals surface area contributed by atoms with Gasteiger partial charge in [0.25, 0.3) is 0 Å². The van der Waals surface area contributed by atoms with Gasteiger partial charge in [0, 0.05) is 18.4 Å². The van der Waals surface area contributed by atoms with Crippen molar-refractivity contribution in [1.29, 1.82) is 0 Å². The molecule has 3 unspecified atom stereocenters. The van der Waals surface area contributed by atoms with Gasteiger partial charge in [0.15, 0.2) is 0 Å². The van der Waals surface area contributed by atoms with Crippen LogP contribution in [0.2, 0.25) is 0 Å². The normalized spacial score (nSPS) is 39.4. The summed E-state index contributed by atoms with van der Waals surface area (Å²) < 4.78 is 16.5. The van der Waals surface area contributed by atoms with Gasteiger partial charge in [-0.05, 0) is 49.9 Å². The Morgan fingerprint density at radius 3 is 2.41 bits per heavy atom. The predicted octanol–water partition coefficient (Wildman–Crippen LogP) is 2.94. The van der Waals surface area contributed by atoms with Crippen LogP contribution in [0.5, 0.6) is 0 Å². The lowest BCUT2D eigenvalue weighted by atomic mass is 9.48. The van der Waals surface area contributed by atoms with E-state index in [9.17, 15) is 14.4 Å². The van der Waals surface area contributed by atoms with E-state index in [0.717, 1.165) is 32.1 Å². The smallest absolute Gasteiger partial charge is 0.347 e. The molecule has 5 aliphatic rings. The summed E-state index contributed by atoms with van der Waals surface area (Å²) in [4.78, 5) is 37.4. The fraction of sp³-hybridized carbons (Fsp3) is 0.762. The molecule has 27 heavy (non-hydrogen) atoms. The molecule has 1 heterocycles. The Labute approximate surface area is 159 Å². The quantitative estimate of drug-likeness (QED) is 0.417. The predicted molar refractivity (Wildman–Crippen MR) is 95.4 cm³/mol. The van der Waals surface area contributed by atoms with Crippen LogP contribution in [0.1, 0.15) is 58.8 Å². The van der Waals surface area contributed by atoms with Crippen molar-refractivity contribution in [3.8, 4) is 0 Å². The molecule has 148 valence electrons. The van der Waals surface area contributed by atoms with Crippen molar-refractivity contribution < 1.29 is 28.6 Å². The number of hydrogen-bond acceptors (Lipinski definition) is 6. The fourth-order valence-corrected chi connectivity index (χ4v) is 5.87. The summed E-state index contributed by atoms with van der Waals surface area (Å²) in [5.41, 5.74) is -0.781. The highest BCUT2D eigenvalue weighted by Gasteiger charge is 2.63. The number of cyclic esters (lactones) is 1. The number of carbonyl (C=O) groups excluding carboxylic acids is 3. The zero-order valence-corrected chi connectivity index (χ0v) is 16.1. The van der Waals surface area contributed by atoms with E-state index in [1.54, 1.807) is 0 Å². The Balaban J connectivity index is 1.53. The van der Waals surface area contributed by atoms with Gasteiger partial charge < -0.3 is 14.2 Å². The second-order valence-corrected chi connectivity index (χ2v) is 9.34. The molecule has 0 aromatic carbocycles. The van der Waals surface area contributed by atoms with Crippen molar-refractivity contribution in [3.63, 3.8) is 0 Å². The summed E-state index contributed by atoms with van der Waals surface area (Å²) >= 11 is 0. The fourth-order valence-electron chi connectivity index (χ4n) is 5.87. The average Bonchev–Trinajstić information content (AvgIpc) is 2.97. The maximum atomic E-state index is 13.1. The first kappa shape index (κ1) is 18.5. The minimum Gasteiger partial charge on any atom is -0.463 e. The Morgan fingerprint density at radius 2 is 1.85 bits per heavy atom. The highest BCUT2D eigenvalue weighted by atomic mass is 16.6. The lowest BCUT2D eigenvalue weighted by Crippen LogP contribution is -2.60. The van der Waals surface area contributed by atoms with Crippen LogP contribution in [0.15, 0.2) is 12.2 Å². The van der Waals surface area contributed by atoms with Crippen molar-refractivity contribution in [2.24, 2.45) is 23.2 Å². The maximum absolute atomic E-state index is 13.1.